The molecule has 1 fully saturated rings. The number of anilines is 1. The molecule has 3 aromatic rings. The highest BCUT2D eigenvalue weighted by Gasteiger charge is 2.26. The second-order valence-electron chi connectivity index (χ2n) is 7.74. The van der Waals surface area contributed by atoms with Crippen molar-refractivity contribution < 1.29 is 17.9 Å². The number of rotatable bonds is 8. The van der Waals surface area contributed by atoms with Crippen molar-refractivity contribution in [1.82, 2.24) is 4.31 Å². The van der Waals surface area contributed by atoms with Crippen LogP contribution in [0.15, 0.2) is 83.8 Å². The summed E-state index contributed by atoms with van der Waals surface area (Å²) in [4.78, 5) is 12.6. The van der Waals surface area contributed by atoms with Crippen LogP contribution in [-0.2, 0) is 21.2 Å². The van der Waals surface area contributed by atoms with Gasteiger partial charge >= 0.3 is 0 Å². The van der Waals surface area contributed by atoms with Crippen LogP contribution in [0.2, 0.25) is 0 Å². The molecule has 32 heavy (non-hydrogen) atoms. The first-order valence-corrected chi connectivity index (χ1v) is 12.2. The van der Waals surface area contributed by atoms with E-state index in [9.17, 15) is 13.2 Å². The summed E-state index contributed by atoms with van der Waals surface area (Å²) in [5.41, 5.74) is 1.62. The number of carbonyl (C=O) groups excluding carboxylic acids is 1. The quantitative estimate of drug-likeness (QED) is 0.533. The van der Waals surface area contributed by atoms with Gasteiger partial charge in [0.25, 0.3) is 0 Å². The lowest BCUT2D eigenvalue weighted by Gasteiger charge is -2.15. The largest absolute Gasteiger partial charge is 0.457 e. The molecule has 1 saturated heterocycles. The molecular formula is C25H26N2O4S. The normalized spacial score (nSPS) is 14.2. The SMILES string of the molecule is O=C(CCc1ccc(S(=O)(=O)N2CCCC2)cc1)Nc1ccc(Oc2ccccc2)cc1. The molecule has 166 valence electrons. The fourth-order valence-corrected chi connectivity index (χ4v) is 5.14. The van der Waals surface area contributed by atoms with Gasteiger partial charge in [-0.1, -0.05) is 30.3 Å². The average molecular weight is 451 g/mol. The molecule has 0 aliphatic carbocycles. The van der Waals surface area contributed by atoms with Gasteiger partial charge < -0.3 is 10.1 Å². The predicted molar refractivity (Wildman–Crippen MR) is 124 cm³/mol. The molecular weight excluding hydrogens is 424 g/mol. The summed E-state index contributed by atoms with van der Waals surface area (Å²) in [6, 6.07) is 23.5. The van der Waals surface area contributed by atoms with Crippen LogP contribution in [0.3, 0.4) is 0 Å². The van der Waals surface area contributed by atoms with E-state index in [0.717, 1.165) is 24.2 Å². The zero-order chi connectivity index (χ0) is 22.4. The van der Waals surface area contributed by atoms with Gasteiger partial charge in [0.05, 0.1) is 4.90 Å². The monoisotopic (exact) mass is 450 g/mol. The van der Waals surface area contributed by atoms with E-state index in [-0.39, 0.29) is 5.91 Å². The van der Waals surface area contributed by atoms with E-state index in [2.05, 4.69) is 5.32 Å². The van der Waals surface area contributed by atoms with E-state index in [4.69, 9.17) is 4.74 Å². The molecule has 0 aromatic heterocycles. The molecule has 0 bridgehead atoms. The molecule has 3 aromatic carbocycles. The Morgan fingerprint density at radius 3 is 2.12 bits per heavy atom. The summed E-state index contributed by atoms with van der Waals surface area (Å²) in [5, 5.41) is 2.88. The minimum absolute atomic E-state index is 0.101. The molecule has 0 unspecified atom stereocenters. The summed E-state index contributed by atoms with van der Waals surface area (Å²) < 4.78 is 32.5. The molecule has 4 rings (SSSR count). The van der Waals surface area contributed by atoms with E-state index < -0.39 is 10.0 Å². The van der Waals surface area contributed by atoms with Gasteiger partial charge in [-0.15, -0.1) is 0 Å². The molecule has 7 heteroatoms. The molecule has 1 aliphatic rings. The van der Waals surface area contributed by atoms with Crippen molar-refractivity contribution >= 4 is 21.6 Å². The van der Waals surface area contributed by atoms with E-state index in [1.54, 1.807) is 36.4 Å². The van der Waals surface area contributed by atoms with Gasteiger partial charge in [0, 0.05) is 25.2 Å². The maximum atomic E-state index is 12.6. The van der Waals surface area contributed by atoms with Crippen molar-refractivity contribution in [3.8, 4) is 11.5 Å². The Labute approximate surface area is 188 Å². The molecule has 1 amide bonds. The van der Waals surface area contributed by atoms with Crippen LogP contribution in [0.5, 0.6) is 11.5 Å². The first-order chi connectivity index (χ1) is 15.5. The molecule has 0 saturated carbocycles. The maximum Gasteiger partial charge on any atom is 0.243 e. The zero-order valence-electron chi connectivity index (χ0n) is 17.7. The molecule has 6 nitrogen and oxygen atoms in total. The van der Waals surface area contributed by atoms with Gasteiger partial charge in [-0.3, -0.25) is 4.79 Å². The third-order valence-electron chi connectivity index (χ3n) is 5.38. The van der Waals surface area contributed by atoms with Crippen molar-refractivity contribution in [2.45, 2.75) is 30.6 Å². The van der Waals surface area contributed by atoms with Crippen molar-refractivity contribution in [3.05, 3.63) is 84.4 Å². The average Bonchev–Trinajstić information content (AvgIpc) is 3.36. The van der Waals surface area contributed by atoms with Gasteiger partial charge in [-0.05, 0) is 73.4 Å². The molecule has 0 atom stereocenters. The number of aryl methyl sites for hydroxylation is 1. The Morgan fingerprint density at radius 2 is 1.47 bits per heavy atom. The molecule has 0 spiro atoms. The number of carbonyl (C=O) groups is 1. The Bertz CT molecular complexity index is 1140. The molecule has 0 radical (unpaired) electrons. The van der Waals surface area contributed by atoms with E-state index in [1.165, 1.54) is 4.31 Å². The van der Waals surface area contributed by atoms with Crippen LogP contribution < -0.4 is 10.1 Å². The van der Waals surface area contributed by atoms with E-state index in [0.29, 0.717) is 42.3 Å². The van der Waals surface area contributed by atoms with Crippen molar-refractivity contribution in [2.24, 2.45) is 0 Å². The maximum absolute atomic E-state index is 12.6. The van der Waals surface area contributed by atoms with Crippen molar-refractivity contribution in [2.75, 3.05) is 18.4 Å². The third kappa shape index (κ3) is 5.55. The van der Waals surface area contributed by atoms with Crippen LogP contribution >= 0.6 is 0 Å². The number of nitrogens with zero attached hydrogens (tertiary/aromatic N) is 1. The predicted octanol–water partition coefficient (Wildman–Crippen LogP) is 4.83. The third-order valence-corrected chi connectivity index (χ3v) is 7.30. The number of sulfonamides is 1. The van der Waals surface area contributed by atoms with Gasteiger partial charge in [-0.25, -0.2) is 8.42 Å². The first kappa shape index (κ1) is 22.0. The smallest absolute Gasteiger partial charge is 0.243 e. The van der Waals surface area contributed by atoms with Crippen LogP contribution in [0.25, 0.3) is 0 Å². The highest BCUT2D eigenvalue weighted by atomic mass is 32.2. The zero-order valence-corrected chi connectivity index (χ0v) is 18.6. The summed E-state index contributed by atoms with van der Waals surface area (Å²) in [6.07, 6.45) is 2.66. The Hall–Kier alpha value is -3.16. The van der Waals surface area contributed by atoms with E-state index in [1.807, 2.05) is 42.5 Å². The van der Waals surface area contributed by atoms with Crippen LogP contribution in [0, 0.1) is 0 Å². The Morgan fingerprint density at radius 1 is 0.844 bits per heavy atom. The first-order valence-electron chi connectivity index (χ1n) is 10.7. The summed E-state index contributed by atoms with van der Waals surface area (Å²) in [5.74, 6) is 1.34. The van der Waals surface area contributed by atoms with Gasteiger partial charge in [0.1, 0.15) is 11.5 Å². The second kappa shape index (κ2) is 9.97. The number of para-hydroxylation sites is 1. The minimum atomic E-state index is -3.41. The fraction of sp³-hybridized carbons (Fsp3) is 0.240. The minimum Gasteiger partial charge on any atom is -0.457 e. The van der Waals surface area contributed by atoms with Crippen LogP contribution in [0.4, 0.5) is 5.69 Å². The standard InChI is InChI=1S/C25H26N2O4S/c28-25(26-21-11-13-23(14-12-21)31-22-6-2-1-3-7-22)17-10-20-8-15-24(16-9-20)32(29,30)27-18-4-5-19-27/h1-3,6-9,11-16H,4-5,10,17-19H2,(H,26,28). The fourth-order valence-electron chi connectivity index (χ4n) is 3.62. The highest BCUT2D eigenvalue weighted by molar-refractivity contribution is 7.89. The number of amides is 1. The highest BCUT2D eigenvalue weighted by Crippen LogP contribution is 2.23. The van der Waals surface area contributed by atoms with Crippen LogP contribution in [-0.4, -0.2) is 31.7 Å². The number of benzene rings is 3. The number of nitrogens with one attached hydrogen (secondary N) is 1. The lowest BCUT2D eigenvalue weighted by molar-refractivity contribution is -0.116. The van der Waals surface area contributed by atoms with Gasteiger partial charge in [0.15, 0.2) is 0 Å². The summed E-state index contributed by atoms with van der Waals surface area (Å²) in [6.45, 7) is 1.17. The molecule has 1 aliphatic heterocycles. The molecule has 1 heterocycles. The lowest BCUT2D eigenvalue weighted by Crippen LogP contribution is -2.27. The van der Waals surface area contributed by atoms with Gasteiger partial charge in [0.2, 0.25) is 15.9 Å². The summed E-state index contributed by atoms with van der Waals surface area (Å²) >= 11 is 0. The molecule has 1 N–H and O–H groups in total. The van der Waals surface area contributed by atoms with E-state index >= 15 is 0 Å². The van der Waals surface area contributed by atoms with Crippen molar-refractivity contribution in [3.63, 3.8) is 0 Å². The van der Waals surface area contributed by atoms with Gasteiger partial charge in [-0.2, -0.15) is 4.31 Å². The topological polar surface area (TPSA) is 75.7 Å². The Balaban J connectivity index is 1.27. The van der Waals surface area contributed by atoms with Crippen LogP contribution in [0.1, 0.15) is 24.8 Å². The Kier molecular flexibility index (Phi) is 6.87. The number of ether oxygens (including phenoxy) is 1. The second-order valence-corrected chi connectivity index (χ2v) is 9.68. The van der Waals surface area contributed by atoms with Crippen molar-refractivity contribution in [1.29, 1.82) is 0 Å². The number of hydrogen-bond donors (Lipinski definition) is 1. The summed E-state index contributed by atoms with van der Waals surface area (Å²) in [7, 11) is -3.41. The lowest BCUT2D eigenvalue weighted by atomic mass is 10.1. The number of hydrogen-bond acceptors (Lipinski definition) is 4.